The number of nitrogens with two attached hydrogens (primary N) is 1. The lowest BCUT2D eigenvalue weighted by Crippen LogP contribution is -2.09. The molecule has 76 valence electrons. The largest absolute Gasteiger partial charge is 0.454 e. The van der Waals surface area contributed by atoms with Gasteiger partial charge < -0.3 is 15.2 Å². The molecule has 0 saturated carbocycles. The molecule has 0 unspecified atom stereocenters. The van der Waals surface area contributed by atoms with Crippen molar-refractivity contribution < 1.29 is 9.47 Å². The molecule has 2 rings (SSSR count). The van der Waals surface area contributed by atoms with Gasteiger partial charge in [0.25, 0.3) is 0 Å². The van der Waals surface area contributed by atoms with Gasteiger partial charge in [0, 0.05) is 10.5 Å². The van der Waals surface area contributed by atoms with Gasteiger partial charge in [0.2, 0.25) is 6.79 Å². The summed E-state index contributed by atoms with van der Waals surface area (Å²) in [6.45, 7) is 2.36. The number of halogens is 1. The highest BCUT2D eigenvalue weighted by Gasteiger charge is 2.18. The monoisotopic (exact) mass is 257 g/mol. The second-order valence-electron chi connectivity index (χ2n) is 3.24. The van der Waals surface area contributed by atoms with E-state index in [1.807, 2.05) is 12.1 Å². The summed E-state index contributed by atoms with van der Waals surface area (Å²) >= 11 is 3.48. The summed E-state index contributed by atoms with van der Waals surface area (Å²) < 4.78 is 11.5. The highest BCUT2D eigenvalue weighted by atomic mass is 79.9. The van der Waals surface area contributed by atoms with Crippen LogP contribution in [0.5, 0.6) is 11.5 Å². The number of rotatable bonds is 2. The van der Waals surface area contributed by atoms with Gasteiger partial charge in [-0.05, 0) is 24.1 Å². The molecular formula is C10H12BrNO2. The first-order chi connectivity index (χ1) is 6.72. The number of hydrogen-bond donors (Lipinski definition) is 1. The number of benzene rings is 1. The summed E-state index contributed by atoms with van der Waals surface area (Å²) in [6.07, 6.45) is 0.901. The molecule has 1 heterocycles. The van der Waals surface area contributed by atoms with Crippen molar-refractivity contribution in [2.45, 2.75) is 19.4 Å². The lowest BCUT2D eigenvalue weighted by molar-refractivity contribution is 0.174. The van der Waals surface area contributed by atoms with E-state index >= 15 is 0 Å². The lowest BCUT2D eigenvalue weighted by atomic mass is 10.1. The number of ether oxygens (including phenoxy) is 2. The molecule has 0 saturated heterocycles. The molecule has 0 fully saturated rings. The number of hydrogen-bond acceptors (Lipinski definition) is 3. The van der Waals surface area contributed by atoms with Crippen LogP contribution in [0.4, 0.5) is 0 Å². The maximum absolute atomic E-state index is 5.96. The third-order valence-electron chi connectivity index (χ3n) is 2.33. The van der Waals surface area contributed by atoms with Crippen LogP contribution in [0.25, 0.3) is 0 Å². The molecule has 1 aromatic carbocycles. The predicted octanol–water partition coefficient (Wildman–Crippen LogP) is 2.59. The van der Waals surface area contributed by atoms with E-state index in [9.17, 15) is 0 Å². The van der Waals surface area contributed by atoms with E-state index in [2.05, 4.69) is 22.9 Å². The Morgan fingerprint density at radius 2 is 2.07 bits per heavy atom. The SMILES string of the molecule is CC[C@H](N)c1cc2c(cc1Br)OCO2. The van der Waals surface area contributed by atoms with Crippen LogP contribution in [-0.2, 0) is 0 Å². The van der Waals surface area contributed by atoms with Crippen LogP contribution in [0.1, 0.15) is 24.9 Å². The average Bonchev–Trinajstić information content (AvgIpc) is 2.62. The highest BCUT2D eigenvalue weighted by Crippen LogP contribution is 2.38. The second kappa shape index (κ2) is 3.79. The lowest BCUT2D eigenvalue weighted by Gasteiger charge is -2.12. The minimum atomic E-state index is 0.0406. The van der Waals surface area contributed by atoms with Gasteiger partial charge in [0.05, 0.1) is 0 Å². The molecule has 0 aromatic heterocycles. The molecule has 1 aliphatic rings. The molecule has 0 spiro atoms. The Bertz CT molecular complexity index is 354. The van der Waals surface area contributed by atoms with E-state index in [0.717, 1.165) is 28.0 Å². The fourth-order valence-electron chi connectivity index (χ4n) is 1.44. The fourth-order valence-corrected chi connectivity index (χ4v) is 2.05. The Balaban J connectivity index is 2.42. The minimum absolute atomic E-state index is 0.0406. The van der Waals surface area contributed by atoms with Gasteiger partial charge in [0.1, 0.15) is 0 Å². The van der Waals surface area contributed by atoms with Gasteiger partial charge >= 0.3 is 0 Å². The molecule has 14 heavy (non-hydrogen) atoms. The molecule has 3 nitrogen and oxygen atoms in total. The van der Waals surface area contributed by atoms with Crippen LogP contribution in [0.3, 0.4) is 0 Å². The zero-order chi connectivity index (χ0) is 10.1. The minimum Gasteiger partial charge on any atom is -0.454 e. The maximum atomic E-state index is 5.96. The van der Waals surface area contributed by atoms with Crippen molar-refractivity contribution in [3.63, 3.8) is 0 Å². The molecule has 1 aliphatic heterocycles. The van der Waals surface area contributed by atoms with Crippen molar-refractivity contribution in [3.05, 3.63) is 22.2 Å². The third kappa shape index (κ3) is 1.60. The molecular weight excluding hydrogens is 246 g/mol. The first-order valence-electron chi connectivity index (χ1n) is 4.57. The van der Waals surface area contributed by atoms with Gasteiger partial charge in [-0.3, -0.25) is 0 Å². The van der Waals surface area contributed by atoms with Crippen molar-refractivity contribution >= 4 is 15.9 Å². The zero-order valence-corrected chi connectivity index (χ0v) is 9.50. The van der Waals surface area contributed by atoms with Gasteiger partial charge in [-0.2, -0.15) is 0 Å². The molecule has 0 radical (unpaired) electrons. The molecule has 0 aliphatic carbocycles. The normalized spacial score (nSPS) is 15.6. The average molecular weight is 258 g/mol. The smallest absolute Gasteiger partial charge is 0.231 e. The summed E-state index contributed by atoms with van der Waals surface area (Å²) in [5.41, 5.74) is 7.03. The molecule has 1 atom stereocenters. The second-order valence-corrected chi connectivity index (χ2v) is 4.10. The van der Waals surface area contributed by atoms with Crippen LogP contribution in [0.2, 0.25) is 0 Å². The molecule has 0 bridgehead atoms. The summed E-state index contributed by atoms with van der Waals surface area (Å²) in [5, 5.41) is 0. The molecule has 0 amide bonds. The standard InChI is InChI=1S/C10H12BrNO2/c1-2-8(12)6-3-9-10(4-7(6)11)14-5-13-9/h3-4,8H,2,5,12H2,1H3/t8-/m0/s1. The highest BCUT2D eigenvalue weighted by molar-refractivity contribution is 9.10. The topological polar surface area (TPSA) is 44.5 Å². The third-order valence-corrected chi connectivity index (χ3v) is 3.02. The van der Waals surface area contributed by atoms with Crippen molar-refractivity contribution in [1.82, 2.24) is 0 Å². The van der Waals surface area contributed by atoms with Gasteiger partial charge in [-0.15, -0.1) is 0 Å². The Kier molecular flexibility index (Phi) is 2.65. The summed E-state index contributed by atoms with van der Waals surface area (Å²) in [6, 6.07) is 3.90. The van der Waals surface area contributed by atoms with Gasteiger partial charge in [-0.25, -0.2) is 0 Å². The van der Waals surface area contributed by atoms with Crippen LogP contribution in [-0.4, -0.2) is 6.79 Å². The van der Waals surface area contributed by atoms with Crippen molar-refractivity contribution in [2.24, 2.45) is 5.73 Å². The quantitative estimate of drug-likeness (QED) is 0.886. The van der Waals surface area contributed by atoms with Crippen molar-refractivity contribution in [3.8, 4) is 11.5 Å². The fraction of sp³-hybridized carbons (Fsp3) is 0.400. The van der Waals surface area contributed by atoms with Gasteiger partial charge in [0.15, 0.2) is 11.5 Å². The van der Waals surface area contributed by atoms with Gasteiger partial charge in [-0.1, -0.05) is 22.9 Å². The number of fused-ring (bicyclic) bond motifs is 1. The van der Waals surface area contributed by atoms with E-state index in [0.29, 0.717) is 6.79 Å². The van der Waals surface area contributed by atoms with Crippen LogP contribution >= 0.6 is 15.9 Å². The van der Waals surface area contributed by atoms with Crippen molar-refractivity contribution in [2.75, 3.05) is 6.79 Å². The summed E-state index contributed by atoms with van der Waals surface area (Å²) in [7, 11) is 0. The van der Waals surface area contributed by atoms with E-state index in [1.165, 1.54) is 0 Å². The first-order valence-corrected chi connectivity index (χ1v) is 5.36. The summed E-state index contributed by atoms with van der Waals surface area (Å²) in [5.74, 6) is 1.57. The Morgan fingerprint density at radius 3 is 2.71 bits per heavy atom. The molecule has 2 N–H and O–H groups in total. The molecule has 1 aromatic rings. The van der Waals surface area contributed by atoms with E-state index in [4.69, 9.17) is 15.2 Å². The Labute approximate surface area is 91.3 Å². The van der Waals surface area contributed by atoms with E-state index < -0.39 is 0 Å². The predicted molar refractivity (Wildman–Crippen MR) is 57.5 cm³/mol. The van der Waals surface area contributed by atoms with Crippen LogP contribution < -0.4 is 15.2 Å². The van der Waals surface area contributed by atoms with Crippen molar-refractivity contribution in [1.29, 1.82) is 0 Å². The van der Waals surface area contributed by atoms with E-state index in [1.54, 1.807) is 0 Å². The Hall–Kier alpha value is -0.740. The van der Waals surface area contributed by atoms with Crippen LogP contribution in [0.15, 0.2) is 16.6 Å². The molecule has 4 heteroatoms. The van der Waals surface area contributed by atoms with Crippen LogP contribution in [0, 0.1) is 0 Å². The maximum Gasteiger partial charge on any atom is 0.231 e. The van der Waals surface area contributed by atoms with E-state index in [-0.39, 0.29) is 6.04 Å². The Morgan fingerprint density at radius 1 is 1.43 bits per heavy atom. The zero-order valence-electron chi connectivity index (χ0n) is 7.92. The summed E-state index contributed by atoms with van der Waals surface area (Å²) in [4.78, 5) is 0. The first kappa shape index (κ1) is 9.80.